The van der Waals surface area contributed by atoms with E-state index in [0.29, 0.717) is 0 Å². The first-order chi connectivity index (χ1) is 10.8. The van der Waals surface area contributed by atoms with Crippen molar-refractivity contribution in [1.29, 1.82) is 0 Å². The Kier molecular flexibility index (Phi) is 3.96. The van der Waals surface area contributed by atoms with Crippen LogP contribution in [0.1, 0.15) is 37.0 Å². The standard InChI is InChI=1S/C19H20F3N/c1-18(2)9-10-23-12-15-11-14(5-8-17(15)18)13-3-6-16(7-4-13)19(20,21)22/h3-8,11,23H,9-10,12H2,1-2H3. The van der Waals surface area contributed by atoms with Gasteiger partial charge in [-0.25, -0.2) is 0 Å². The van der Waals surface area contributed by atoms with Crippen LogP contribution in [0.5, 0.6) is 0 Å². The van der Waals surface area contributed by atoms with Gasteiger partial charge in [0.15, 0.2) is 0 Å². The van der Waals surface area contributed by atoms with Crippen LogP contribution in [0.4, 0.5) is 13.2 Å². The molecule has 2 aromatic rings. The molecule has 4 heteroatoms. The fourth-order valence-electron chi connectivity index (χ4n) is 3.19. The SMILES string of the molecule is CC1(C)CCNCc2cc(-c3ccc(C(F)(F)F)cc3)ccc21. The topological polar surface area (TPSA) is 12.0 Å². The second-order valence-electron chi connectivity index (χ2n) is 6.76. The highest BCUT2D eigenvalue weighted by Crippen LogP contribution is 2.35. The van der Waals surface area contributed by atoms with Gasteiger partial charge in [0, 0.05) is 6.54 Å². The van der Waals surface area contributed by atoms with Crippen LogP contribution in [0, 0.1) is 0 Å². The van der Waals surface area contributed by atoms with Gasteiger partial charge in [-0.3, -0.25) is 0 Å². The van der Waals surface area contributed by atoms with E-state index in [1.54, 1.807) is 12.1 Å². The molecular formula is C19H20F3N. The third kappa shape index (κ3) is 3.27. The predicted molar refractivity (Wildman–Crippen MR) is 86.2 cm³/mol. The summed E-state index contributed by atoms with van der Waals surface area (Å²) < 4.78 is 38.0. The van der Waals surface area contributed by atoms with Gasteiger partial charge in [-0.15, -0.1) is 0 Å². The zero-order valence-corrected chi connectivity index (χ0v) is 13.3. The average Bonchev–Trinajstić information content (AvgIpc) is 2.65. The zero-order chi connectivity index (χ0) is 16.7. The normalized spacial score (nSPS) is 17.4. The van der Waals surface area contributed by atoms with Gasteiger partial charge in [-0.2, -0.15) is 13.2 Å². The summed E-state index contributed by atoms with van der Waals surface area (Å²) in [5.74, 6) is 0. The van der Waals surface area contributed by atoms with Crippen molar-refractivity contribution in [3.05, 3.63) is 59.2 Å². The van der Waals surface area contributed by atoms with Crippen molar-refractivity contribution in [3.63, 3.8) is 0 Å². The van der Waals surface area contributed by atoms with Gasteiger partial charge in [0.05, 0.1) is 5.56 Å². The van der Waals surface area contributed by atoms with Crippen LogP contribution in [0.3, 0.4) is 0 Å². The van der Waals surface area contributed by atoms with Crippen molar-refractivity contribution < 1.29 is 13.2 Å². The minimum Gasteiger partial charge on any atom is -0.313 e. The molecule has 0 amide bonds. The highest BCUT2D eigenvalue weighted by molar-refractivity contribution is 5.66. The molecule has 3 rings (SSSR count). The van der Waals surface area contributed by atoms with Gasteiger partial charge in [-0.05, 0) is 58.8 Å². The van der Waals surface area contributed by atoms with Crippen LogP contribution >= 0.6 is 0 Å². The molecule has 1 aliphatic rings. The van der Waals surface area contributed by atoms with Crippen molar-refractivity contribution in [1.82, 2.24) is 5.32 Å². The molecule has 0 saturated heterocycles. The first kappa shape index (κ1) is 16.1. The van der Waals surface area contributed by atoms with E-state index >= 15 is 0 Å². The Morgan fingerprint density at radius 3 is 2.26 bits per heavy atom. The Morgan fingerprint density at radius 1 is 0.957 bits per heavy atom. The van der Waals surface area contributed by atoms with Crippen molar-refractivity contribution in [2.45, 2.75) is 38.4 Å². The van der Waals surface area contributed by atoms with Gasteiger partial charge < -0.3 is 5.32 Å². The molecule has 1 N–H and O–H groups in total. The first-order valence-electron chi connectivity index (χ1n) is 7.79. The summed E-state index contributed by atoms with van der Waals surface area (Å²) in [7, 11) is 0. The first-order valence-corrected chi connectivity index (χ1v) is 7.79. The van der Waals surface area contributed by atoms with Crippen molar-refractivity contribution in [2.75, 3.05) is 6.54 Å². The maximum atomic E-state index is 12.7. The van der Waals surface area contributed by atoms with Crippen molar-refractivity contribution in [3.8, 4) is 11.1 Å². The number of rotatable bonds is 1. The second-order valence-corrected chi connectivity index (χ2v) is 6.76. The lowest BCUT2D eigenvalue weighted by Gasteiger charge is -2.25. The van der Waals surface area contributed by atoms with E-state index in [2.05, 4.69) is 31.3 Å². The maximum Gasteiger partial charge on any atom is 0.416 e. The molecule has 1 nitrogen and oxygen atoms in total. The van der Waals surface area contributed by atoms with Crippen LogP contribution < -0.4 is 5.32 Å². The Morgan fingerprint density at radius 2 is 1.61 bits per heavy atom. The fraction of sp³-hybridized carbons (Fsp3) is 0.368. The molecule has 1 aliphatic heterocycles. The molecule has 0 aromatic heterocycles. The molecule has 23 heavy (non-hydrogen) atoms. The predicted octanol–water partition coefficient (Wildman–Crippen LogP) is 5.14. The molecule has 0 atom stereocenters. The molecule has 0 unspecified atom stereocenters. The van der Waals surface area contributed by atoms with Gasteiger partial charge in [0.2, 0.25) is 0 Å². The summed E-state index contributed by atoms with van der Waals surface area (Å²) in [6, 6.07) is 11.6. The summed E-state index contributed by atoms with van der Waals surface area (Å²) in [6.45, 7) is 6.23. The Balaban J connectivity index is 1.97. The number of benzene rings is 2. The molecule has 0 saturated carbocycles. The van der Waals surface area contributed by atoms with Crippen molar-refractivity contribution >= 4 is 0 Å². The van der Waals surface area contributed by atoms with Crippen LogP contribution in [0.25, 0.3) is 11.1 Å². The summed E-state index contributed by atoms with van der Waals surface area (Å²) in [5, 5.41) is 3.42. The minimum atomic E-state index is -4.29. The lowest BCUT2D eigenvalue weighted by molar-refractivity contribution is -0.137. The molecular weight excluding hydrogens is 299 g/mol. The molecule has 1 heterocycles. The van der Waals surface area contributed by atoms with Crippen LogP contribution in [-0.2, 0) is 18.1 Å². The van der Waals surface area contributed by atoms with E-state index < -0.39 is 11.7 Å². The lowest BCUT2D eigenvalue weighted by Crippen LogP contribution is -2.20. The van der Waals surface area contributed by atoms with Crippen molar-refractivity contribution in [2.24, 2.45) is 0 Å². The van der Waals surface area contributed by atoms with E-state index in [1.807, 2.05) is 6.07 Å². The zero-order valence-electron chi connectivity index (χ0n) is 13.3. The summed E-state index contributed by atoms with van der Waals surface area (Å²) in [4.78, 5) is 0. The Hall–Kier alpha value is -1.81. The number of hydrogen-bond donors (Lipinski definition) is 1. The van der Waals surface area contributed by atoms with E-state index in [1.165, 1.54) is 11.1 Å². The molecule has 0 fully saturated rings. The Bertz CT molecular complexity index is 700. The number of alkyl halides is 3. The number of fused-ring (bicyclic) bond motifs is 1. The largest absolute Gasteiger partial charge is 0.416 e. The van der Waals surface area contributed by atoms with Crippen LogP contribution in [-0.4, -0.2) is 6.54 Å². The van der Waals surface area contributed by atoms with E-state index in [4.69, 9.17) is 0 Å². The lowest BCUT2D eigenvalue weighted by atomic mass is 9.79. The average molecular weight is 319 g/mol. The van der Waals surface area contributed by atoms with Gasteiger partial charge in [-0.1, -0.05) is 38.1 Å². The summed E-state index contributed by atoms with van der Waals surface area (Å²) >= 11 is 0. The van der Waals surface area contributed by atoms with E-state index in [0.717, 1.165) is 42.8 Å². The summed E-state index contributed by atoms with van der Waals surface area (Å²) in [5.41, 5.74) is 3.80. The van der Waals surface area contributed by atoms with E-state index in [9.17, 15) is 13.2 Å². The monoisotopic (exact) mass is 319 g/mol. The molecule has 0 bridgehead atoms. The number of halogens is 3. The highest BCUT2D eigenvalue weighted by atomic mass is 19.4. The fourth-order valence-corrected chi connectivity index (χ4v) is 3.19. The van der Waals surface area contributed by atoms with Gasteiger partial charge in [0.1, 0.15) is 0 Å². The molecule has 122 valence electrons. The highest BCUT2D eigenvalue weighted by Gasteiger charge is 2.30. The second kappa shape index (κ2) is 5.68. The minimum absolute atomic E-state index is 0.109. The number of hydrogen-bond acceptors (Lipinski definition) is 1. The third-order valence-corrected chi connectivity index (χ3v) is 4.62. The molecule has 0 aliphatic carbocycles. The smallest absolute Gasteiger partial charge is 0.313 e. The molecule has 0 spiro atoms. The van der Waals surface area contributed by atoms with Crippen LogP contribution in [0.2, 0.25) is 0 Å². The van der Waals surface area contributed by atoms with E-state index in [-0.39, 0.29) is 5.41 Å². The molecule has 0 radical (unpaired) electrons. The maximum absolute atomic E-state index is 12.7. The molecule has 2 aromatic carbocycles. The van der Waals surface area contributed by atoms with Gasteiger partial charge >= 0.3 is 6.18 Å². The Labute approximate surface area is 134 Å². The summed E-state index contributed by atoms with van der Waals surface area (Å²) in [6.07, 6.45) is -3.22. The third-order valence-electron chi connectivity index (χ3n) is 4.62. The van der Waals surface area contributed by atoms with Gasteiger partial charge in [0.25, 0.3) is 0 Å². The van der Waals surface area contributed by atoms with Crippen LogP contribution in [0.15, 0.2) is 42.5 Å². The quantitative estimate of drug-likeness (QED) is 0.767. The number of nitrogens with one attached hydrogen (secondary N) is 1.